The van der Waals surface area contributed by atoms with Crippen LogP contribution in [0.5, 0.6) is 0 Å². The van der Waals surface area contributed by atoms with Crippen LogP contribution in [0.3, 0.4) is 0 Å². The van der Waals surface area contributed by atoms with E-state index in [4.69, 9.17) is 66.3 Å². The number of aliphatic hydroxyl groups excluding tert-OH is 9. The van der Waals surface area contributed by atoms with Crippen molar-refractivity contribution in [3.8, 4) is 0 Å². The quantitative estimate of drug-likeness (QED) is 0.0259. The van der Waals surface area contributed by atoms with E-state index in [9.17, 15) is 60.3 Å². The van der Waals surface area contributed by atoms with E-state index in [1.54, 1.807) is 20.8 Å². The van der Waals surface area contributed by atoms with Crippen LogP contribution >= 0.6 is 0 Å². The fourth-order valence-corrected chi connectivity index (χ4v) is 8.91. The zero-order valence-electron chi connectivity index (χ0n) is 49.0. The van der Waals surface area contributed by atoms with Gasteiger partial charge in [0.1, 0.15) is 36.6 Å². The summed E-state index contributed by atoms with van der Waals surface area (Å²) >= 11 is 0. The Bertz CT molecular complexity index is 1500. The first kappa shape index (κ1) is 74.7. The van der Waals surface area contributed by atoms with Gasteiger partial charge in [-0.2, -0.15) is 0 Å². The first-order valence-electron chi connectivity index (χ1n) is 29.1. The lowest BCUT2D eigenvalue weighted by Gasteiger charge is -2.40. The van der Waals surface area contributed by atoms with Gasteiger partial charge < -0.3 is 128 Å². The zero-order chi connectivity index (χ0) is 60.8. The molecule has 488 valence electrons. The van der Waals surface area contributed by atoms with Crippen LogP contribution in [0.25, 0.3) is 0 Å². The molecule has 12 N–H and O–H groups in total. The van der Waals surface area contributed by atoms with Gasteiger partial charge in [-0.05, 0) is 12.8 Å². The number of hydrogen-bond acceptors (Lipinski definition) is 26. The Labute approximate surface area is 487 Å². The Morgan fingerprint density at radius 3 is 0.988 bits per heavy atom. The van der Waals surface area contributed by atoms with Gasteiger partial charge in [0.15, 0.2) is 18.9 Å². The van der Waals surface area contributed by atoms with Crippen molar-refractivity contribution in [3.05, 3.63) is 0 Å². The third kappa shape index (κ3) is 29.8. The minimum atomic E-state index is -1.20. The van der Waals surface area contributed by atoms with Crippen LogP contribution in [0.4, 0.5) is 0 Å². The topological polar surface area (TPSA) is 399 Å². The number of aliphatic hydroxyl groups is 9. The van der Waals surface area contributed by atoms with E-state index in [1.165, 1.54) is 0 Å². The highest BCUT2D eigenvalue weighted by molar-refractivity contribution is 5.76. The summed E-state index contributed by atoms with van der Waals surface area (Å²) in [4.78, 5) is 37.7. The number of ether oxygens (including phenoxy) is 14. The average molecular weight is 1210 g/mol. The van der Waals surface area contributed by atoms with E-state index in [2.05, 4.69) is 16.0 Å². The van der Waals surface area contributed by atoms with E-state index in [0.717, 1.165) is 0 Å². The molecule has 0 aliphatic carbocycles. The Kier molecular flexibility index (Phi) is 39.6. The fourth-order valence-electron chi connectivity index (χ4n) is 8.91. The summed E-state index contributed by atoms with van der Waals surface area (Å²) < 4.78 is 78.6. The monoisotopic (exact) mass is 1210 g/mol. The molecule has 3 fully saturated rings. The van der Waals surface area contributed by atoms with Crippen molar-refractivity contribution in [2.24, 2.45) is 23.2 Å². The largest absolute Gasteiger partial charge is 0.394 e. The maximum Gasteiger partial charge on any atom is 0.222 e. The van der Waals surface area contributed by atoms with Crippen LogP contribution in [0.1, 0.15) is 66.2 Å². The first-order valence-corrected chi connectivity index (χ1v) is 29.1. The third-order valence-electron chi connectivity index (χ3n) is 14.2. The first-order chi connectivity index (χ1) is 40.0. The van der Waals surface area contributed by atoms with Gasteiger partial charge in [0, 0.05) is 62.1 Å². The second-order valence-electron chi connectivity index (χ2n) is 21.2. The van der Waals surface area contributed by atoms with Gasteiger partial charge in [0.2, 0.25) is 17.7 Å². The SMILES string of the molecule is CC1C(OCCOCCOCCNC(=O)CCCCC(C)(COCCC(=O)NCCOCCOCCOC2OC(CO)C(O)C(O)C2C)COCCC(=O)NCCOCCOCCOC2OC(CO)C(O)C(O)C2C)OC(CO)C(O)C1O. The molecule has 0 saturated carbocycles. The molecule has 29 nitrogen and oxygen atoms in total. The molecule has 3 amide bonds. The number of nitrogens with one attached hydrogen (secondary N) is 3. The molecular weight excluding hydrogens is 1110 g/mol. The van der Waals surface area contributed by atoms with Crippen LogP contribution in [-0.2, 0) is 80.7 Å². The normalized spacial score (nSPS) is 29.1. The number of amides is 3. The lowest BCUT2D eigenvalue weighted by molar-refractivity contribution is -0.284. The molecule has 83 heavy (non-hydrogen) atoms. The van der Waals surface area contributed by atoms with Crippen molar-refractivity contribution in [3.63, 3.8) is 0 Å². The van der Waals surface area contributed by atoms with Gasteiger partial charge in [0.25, 0.3) is 0 Å². The van der Waals surface area contributed by atoms with Crippen molar-refractivity contribution in [2.75, 3.05) is 165 Å². The van der Waals surface area contributed by atoms with E-state index >= 15 is 0 Å². The second-order valence-corrected chi connectivity index (χ2v) is 21.2. The van der Waals surface area contributed by atoms with Gasteiger partial charge in [-0.1, -0.05) is 34.1 Å². The number of hydrogen-bond donors (Lipinski definition) is 12. The van der Waals surface area contributed by atoms with Gasteiger partial charge >= 0.3 is 0 Å². The third-order valence-corrected chi connectivity index (χ3v) is 14.2. The molecule has 3 saturated heterocycles. The summed E-state index contributed by atoms with van der Waals surface area (Å²) in [6, 6.07) is 0. The molecule has 0 radical (unpaired) electrons. The molecule has 0 aromatic carbocycles. The maximum absolute atomic E-state index is 12.6. The van der Waals surface area contributed by atoms with Crippen molar-refractivity contribution in [1.82, 2.24) is 16.0 Å². The van der Waals surface area contributed by atoms with Crippen molar-refractivity contribution < 1.29 is 127 Å². The van der Waals surface area contributed by atoms with Gasteiger partial charge in [-0.3, -0.25) is 14.4 Å². The minimum Gasteiger partial charge on any atom is -0.394 e. The van der Waals surface area contributed by atoms with E-state index in [1.807, 2.05) is 6.92 Å². The molecule has 3 aliphatic rings. The number of carbonyl (C=O) groups excluding carboxylic acids is 3. The molecule has 0 aromatic rings. The molecular formula is C54H101N3O26. The predicted octanol–water partition coefficient (Wildman–Crippen LogP) is -3.91. The van der Waals surface area contributed by atoms with Crippen LogP contribution in [-0.4, -0.2) is 302 Å². The zero-order valence-corrected chi connectivity index (χ0v) is 49.0. The van der Waals surface area contributed by atoms with Crippen LogP contribution in [0.15, 0.2) is 0 Å². The van der Waals surface area contributed by atoms with Gasteiger partial charge in [-0.25, -0.2) is 0 Å². The molecule has 29 heteroatoms. The average Bonchev–Trinajstić information content (AvgIpc) is 3.53. The highest BCUT2D eigenvalue weighted by Crippen LogP contribution is 2.30. The lowest BCUT2D eigenvalue weighted by atomic mass is 9.86. The molecule has 3 rings (SSSR count). The lowest BCUT2D eigenvalue weighted by Crippen LogP contribution is -2.55. The summed E-state index contributed by atoms with van der Waals surface area (Å²) in [6.07, 6.45) is -9.67. The number of carbonyl (C=O) groups is 3. The van der Waals surface area contributed by atoms with Gasteiger partial charge in [-0.15, -0.1) is 0 Å². The molecule has 15 unspecified atom stereocenters. The Morgan fingerprint density at radius 1 is 0.386 bits per heavy atom. The van der Waals surface area contributed by atoms with E-state index in [0.29, 0.717) is 38.8 Å². The maximum atomic E-state index is 12.6. The van der Waals surface area contributed by atoms with Crippen molar-refractivity contribution in [1.29, 1.82) is 0 Å². The molecule has 3 heterocycles. The molecule has 15 atom stereocenters. The van der Waals surface area contributed by atoms with Gasteiger partial charge in [0.05, 0.1) is 164 Å². The van der Waals surface area contributed by atoms with Crippen molar-refractivity contribution >= 4 is 17.7 Å². The minimum absolute atomic E-state index is 0.112. The second kappa shape index (κ2) is 44.0. The highest BCUT2D eigenvalue weighted by Gasteiger charge is 2.44. The van der Waals surface area contributed by atoms with Crippen LogP contribution in [0, 0.1) is 23.2 Å². The van der Waals surface area contributed by atoms with E-state index < -0.39 is 117 Å². The Hall–Kier alpha value is -2.51. The molecule has 0 spiro atoms. The Balaban J connectivity index is 1.26. The smallest absolute Gasteiger partial charge is 0.222 e. The fraction of sp³-hybridized carbons (Fsp3) is 0.944. The standard InChI is InChI=1S/C54H101N3O26/c1-36-45(64)48(67)39(31-58)81-51(36)78-28-25-73-22-19-70-16-11-55-42(61)7-5-6-10-54(4,34-76-14-8-43(62)56-12-17-71-20-23-74-26-29-79-52-37(2)46(65)49(68)40(32-59)82-52)35-77-15-9-44(63)57-13-18-72-21-24-75-27-30-80-53-38(3)47(66)50(69)41(33-60)83-53/h36-41,45-53,58-60,64-69H,5-35H2,1-4H3,(H,55,61)(H,56,62)(H,57,63). The summed E-state index contributed by atoms with van der Waals surface area (Å²) in [6.45, 7) is 11.1. The van der Waals surface area contributed by atoms with Crippen LogP contribution in [0.2, 0.25) is 0 Å². The predicted molar refractivity (Wildman–Crippen MR) is 290 cm³/mol. The summed E-state index contributed by atoms with van der Waals surface area (Å²) in [5.41, 5.74) is -0.499. The Morgan fingerprint density at radius 2 is 0.675 bits per heavy atom. The number of unbranched alkanes of at least 4 members (excludes halogenated alkanes) is 1. The highest BCUT2D eigenvalue weighted by atomic mass is 16.7. The van der Waals surface area contributed by atoms with Crippen molar-refractivity contribution in [2.45, 2.75) is 140 Å². The molecule has 3 aliphatic heterocycles. The molecule has 0 aromatic heterocycles. The number of rotatable bonds is 48. The summed E-state index contributed by atoms with van der Waals surface area (Å²) in [7, 11) is 0. The van der Waals surface area contributed by atoms with Crippen LogP contribution < -0.4 is 16.0 Å². The summed E-state index contributed by atoms with van der Waals surface area (Å²) in [5.74, 6) is -2.06. The molecule has 0 bridgehead atoms. The summed E-state index contributed by atoms with van der Waals surface area (Å²) in [5, 5.41) is 97.1. The van der Waals surface area contributed by atoms with E-state index in [-0.39, 0.29) is 163 Å².